The number of rotatable bonds is 2. The number of nitrogens with zero attached hydrogens (tertiary/aromatic N) is 1. The molecule has 74 valence electrons. The van der Waals surface area contributed by atoms with Gasteiger partial charge in [0.15, 0.2) is 5.11 Å². The Kier molecular flexibility index (Phi) is 2.68. The first-order valence-corrected chi connectivity index (χ1v) is 5.25. The fraction of sp³-hybridized carbons (Fsp3) is 0.364. The van der Waals surface area contributed by atoms with Gasteiger partial charge in [0.2, 0.25) is 0 Å². The standard InChI is InChI=1S/C11H14N2S/c1-9-2-4-10(5-3-9)8-13-7-6-12-11(13)14/h2-5H,6-8H2,1H3,(H,12,14). The summed E-state index contributed by atoms with van der Waals surface area (Å²) < 4.78 is 0. The largest absolute Gasteiger partial charge is 0.361 e. The Labute approximate surface area is 89.9 Å². The van der Waals surface area contributed by atoms with Crippen molar-refractivity contribution in [3.05, 3.63) is 35.4 Å². The summed E-state index contributed by atoms with van der Waals surface area (Å²) in [6.45, 7) is 5.02. The van der Waals surface area contributed by atoms with Gasteiger partial charge in [-0.3, -0.25) is 0 Å². The van der Waals surface area contributed by atoms with Crippen molar-refractivity contribution in [1.29, 1.82) is 0 Å². The molecule has 1 heterocycles. The van der Waals surface area contributed by atoms with Gasteiger partial charge >= 0.3 is 0 Å². The molecule has 14 heavy (non-hydrogen) atoms. The van der Waals surface area contributed by atoms with Crippen molar-refractivity contribution in [3.8, 4) is 0 Å². The molecule has 0 radical (unpaired) electrons. The van der Waals surface area contributed by atoms with E-state index in [1.807, 2.05) is 0 Å². The zero-order chi connectivity index (χ0) is 9.97. The molecule has 1 aromatic carbocycles. The topological polar surface area (TPSA) is 15.3 Å². The fourth-order valence-corrected chi connectivity index (χ4v) is 1.83. The highest BCUT2D eigenvalue weighted by Gasteiger charge is 2.15. The van der Waals surface area contributed by atoms with E-state index in [1.165, 1.54) is 11.1 Å². The van der Waals surface area contributed by atoms with E-state index in [2.05, 4.69) is 41.4 Å². The quantitative estimate of drug-likeness (QED) is 0.741. The lowest BCUT2D eigenvalue weighted by atomic mass is 10.1. The van der Waals surface area contributed by atoms with E-state index >= 15 is 0 Å². The van der Waals surface area contributed by atoms with Gasteiger partial charge in [0, 0.05) is 19.6 Å². The van der Waals surface area contributed by atoms with Gasteiger partial charge < -0.3 is 10.2 Å². The van der Waals surface area contributed by atoms with Crippen LogP contribution in [0, 0.1) is 6.92 Å². The maximum absolute atomic E-state index is 5.18. The van der Waals surface area contributed by atoms with Crippen LogP contribution in [-0.4, -0.2) is 23.1 Å². The van der Waals surface area contributed by atoms with Crippen LogP contribution >= 0.6 is 12.2 Å². The summed E-state index contributed by atoms with van der Waals surface area (Å²) >= 11 is 5.18. The van der Waals surface area contributed by atoms with Crippen LogP contribution < -0.4 is 5.32 Å². The summed E-state index contributed by atoms with van der Waals surface area (Å²) in [5.74, 6) is 0. The van der Waals surface area contributed by atoms with Gasteiger partial charge in [-0.15, -0.1) is 0 Å². The van der Waals surface area contributed by atoms with Crippen LogP contribution in [0.25, 0.3) is 0 Å². The SMILES string of the molecule is Cc1ccc(CN2CCNC2=S)cc1. The lowest BCUT2D eigenvalue weighted by Crippen LogP contribution is -2.27. The number of thiocarbonyl (C=S) groups is 1. The first kappa shape index (κ1) is 9.46. The molecule has 1 saturated heterocycles. The van der Waals surface area contributed by atoms with Crippen LogP contribution in [0.4, 0.5) is 0 Å². The third kappa shape index (κ3) is 2.04. The van der Waals surface area contributed by atoms with Crippen molar-refractivity contribution in [2.24, 2.45) is 0 Å². The van der Waals surface area contributed by atoms with Crippen LogP contribution in [0.5, 0.6) is 0 Å². The first-order chi connectivity index (χ1) is 6.75. The zero-order valence-corrected chi connectivity index (χ0v) is 9.10. The third-order valence-electron chi connectivity index (χ3n) is 2.44. The second kappa shape index (κ2) is 3.96. The molecule has 2 nitrogen and oxygen atoms in total. The molecule has 0 bridgehead atoms. The average molecular weight is 206 g/mol. The summed E-state index contributed by atoms with van der Waals surface area (Å²) in [6, 6.07) is 8.61. The molecule has 2 rings (SSSR count). The average Bonchev–Trinajstić information content (AvgIpc) is 2.56. The highest BCUT2D eigenvalue weighted by molar-refractivity contribution is 7.80. The minimum atomic E-state index is 0.880. The van der Waals surface area contributed by atoms with E-state index in [0.29, 0.717) is 0 Å². The van der Waals surface area contributed by atoms with Crippen molar-refractivity contribution >= 4 is 17.3 Å². The molecular weight excluding hydrogens is 192 g/mol. The van der Waals surface area contributed by atoms with Crippen molar-refractivity contribution < 1.29 is 0 Å². The summed E-state index contributed by atoms with van der Waals surface area (Å²) in [4.78, 5) is 2.19. The smallest absolute Gasteiger partial charge is 0.169 e. The van der Waals surface area contributed by atoms with E-state index in [0.717, 1.165) is 24.7 Å². The number of nitrogens with one attached hydrogen (secondary N) is 1. The molecule has 0 unspecified atom stereocenters. The Hall–Kier alpha value is -1.09. The van der Waals surface area contributed by atoms with Gasteiger partial charge in [-0.2, -0.15) is 0 Å². The number of hydrogen-bond donors (Lipinski definition) is 1. The van der Waals surface area contributed by atoms with Crippen molar-refractivity contribution in [2.75, 3.05) is 13.1 Å². The highest BCUT2D eigenvalue weighted by atomic mass is 32.1. The summed E-state index contributed by atoms with van der Waals surface area (Å²) in [5, 5.41) is 4.04. The lowest BCUT2D eigenvalue weighted by Gasteiger charge is -2.16. The summed E-state index contributed by atoms with van der Waals surface area (Å²) in [7, 11) is 0. The molecule has 0 amide bonds. The summed E-state index contributed by atoms with van der Waals surface area (Å²) in [5.41, 5.74) is 2.62. The second-order valence-corrected chi connectivity index (χ2v) is 4.03. The van der Waals surface area contributed by atoms with Gasteiger partial charge in [-0.05, 0) is 24.7 Å². The Bertz CT molecular complexity index is 332. The molecule has 0 spiro atoms. The van der Waals surface area contributed by atoms with Crippen LogP contribution in [-0.2, 0) is 6.54 Å². The number of benzene rings is 1. The molecule has 0 saturated carbocycles. The van der Waals surface area contributed by atoms with Gasteiger partial charge in [0.05, 0.1) is 0 Å². The Morgan fingerprint density at radius 2 is 2.07 bits per heavy atom. The molecule has 0 aromatic heterocycles. The van der Waals surface area contributed by atoms with E-state index in [9.17, 15) is 0 Å². The Balaban J connectivity index is 2.03. The van der Waals surface area contributed by atoms with Crippen molar-refractivity contribution in [1.82, 2.24) is 10.2 Å². The lowest BCUT2D eigenvalue weighted by molar-refractivity contribution is 0.464. The molecule has 1 aliphatic rings. The van der Waals surface area contributed by atoms with Crippen LogP contribution in [0.15, 0.2) is 24.3 Å². The van der Waals surface area contributed by atoms with E-state index in [4.69, 9.17) is 12.2 Å². The summed E-state index contributed by atoms with van der Waals surface area (Å²) in [6.07, 6.45) is 0. The monoisotopic (exact) mass is 206 g/mol. The minimum Gasteiger partial charge on any atom is -0.361 e. The first-order valence-electron chi connectivity index (χ1n) is 4.84. The van der Waals surface area contributed by atoms with E-state index in [-0.39, 0.29) is 0 Å². The predicted molar refractivity (Wildman–Crippen MR) is 62.2 cm³/mol. The Morgan fingerprint density at radius 3 is 2.64 bits per heavy atom. The third-order valence-corrected chi connectivity index (χ3v) is 2.84. The van der Waals surface area contributed by atoms with E-state index < -0.39 is 0 Å². The second-order valence-electron chi connectivity index (χ2n) is 3.64. The fourth-order valence-electron chi connectivity index (χ4n) is 1.58. The predicted octanol–water partition coefficient (Wildman–Crippen LogP) is 1.69. The molecule has 0 atom stereocenters. The minimum absolute atomic E-state index is 0.880. The number of aryl methyl sites for hydroxylation is 1. The molecule has 1 aromatic rings. The number of hydrogen-bond acceptors (Lipinski definition) is 1. The van der Waals surface area contributed by atoms with Gasteiger partial charge in [0.25, 0.3) is 0 Å². The van der Waals surface area contributed by atoms with Gasteiger partial charge in [-0.25, -0.2) is 0 Å². The van der Waals surface area contributed by atoms with Crippen LogP contribution in [0.1, 0.15) is 11.1 Å². The highest BCUT2D eigenvalue weighted by Crippen LogP contribution is 2.08. The molecule has 1 N–H and O–H groups in total. The Morgan fingerprint density at radius 1 is 1.36 bits per heavy atom. The zero-order valence-electron chi connectivity index (χ0n) is 8.29. The maximum atomic E-state index is 5.18. The molecule has 3 heteroatoms. The normalized spacial score (nSPS) is 15.8. The molecule has 0 aliphatic carbocycles. The van der Waals surface area contributed by atoms with Crippen LogP contribution in [0.3, 0.4) is 0 Å². The molecule has 1 fully saturated rings. The molecule has 1 aliphatic heterocycles. The molecular formula is C11H14N2S. The van der Waals surface area contributed by atoms with E-state index in [1.54, 1.807) is 0 Å². The van der Waals surface area contributed by atoms with Crippen molar-refractivity contribution in [2.45, 2.75) is 13.5 Å². The van der Waals surface area contributed by atoms with Crippen LogP contribution in [0.2, 0.25) is 0 Å². The maximum Gasteiger partial charge on any atom is 0.169 e. The van der Waals surface area contributed by atoms with Gasteiger partial charge in [0.1, 0.15) is 0 Å². The van der Waals surface area contributed by atoms with Gasteiger partial charge in [-0.1, -0.05) is 29.8 Å². The van der Waals surface area contributed by atoms with Crippen molar-refractivity contribution in [3.63, 3.8) is 0 Å².